The summed E-state index contributed by atoms with van der Waals surface area (Å²) in [5.74, 6) is -1.02. The Hall–Kier alpha value is -2.94. The van der Waals surface area contributed by atoms with E-state index in [1.165, 1.54) is 0 Å². The van der Waals surface area contributed by atoms with Crippen LogP contribution in [-0.4, -0.2) is 66.9 Å². The van der Waals surface area contributed by atoms with Gasteiger partial charge in [-0.2, -0.15) is 0 Å². The fourth-order valence-electron chi connectivity index (χ4n) is 3.15. The van der Waals surface area contributed by atoms with Gasteiger partial charge in [0.2, 0.25) is 11.8 Å². The van der Waals surface area contributed by atoms with Crippen molar-refractivity contribution < 1.29 is 23.9 Å². The lowest BCUT2D eigenvalue weighted by Gasteiger charge is -2.33. The lowest BCUT2D eigenvalue weighted by molar-refractivity contribution is -0.149. The fourth-order valence-corrected chi connectivity index (χ4v) is 3.15. The molecule has 0 saturated carbocycles. The third-order valence-electron chi connectivity index (χ3n) is 5.15. The van der Waals surface area contributed by atoms with Crippen molar-refractivity contribution in [3.63, 3.8) is 0 Å². The van der Waals surface area contributed by atoms with Crippen LogP contribution in [0.4, 0.5) is 5.69 Å². The number of amides is 3. The Bertz CT molecular complexity index is 809. The van der Waals surface area contributed by atoms with Gasteiger partial charge in [-0.15, -0.1) is 0 Å². The minimum absolute atomic E-state index is 0.0359. The Balaban J connectivity index is 1.92. The number of carbonyl (C=O) groups excluding carboxylic acids is 4. The number of rotatable bonds is 10. The molecule has 1 aromatic rings. The summed E-state index contributed by atoms with van der Waals surface area (Å²) >= 11 is 0. The molecule has 176 valence electrons. The first-order valence-corrected chi connectivity index (χ1v) is 11.1. The Morgan fingerprint density at radius 3 is 2.50 bits per heavy atom. The van der Waals surface area contributed by atoms with Crippen LogP contribution in [0.3, 0.4) is 0 Å². The second-order valence-electron chi connectivity index (χ2n) is 8.47. The number of benzene rings is 1. The van der Waals surface area contributed by atoms with Crippen LogP contribution in [0.1, 0.15) is 50.9 Å². The summed E-state index contributed by atoms with van der Waals surface area (Å²) in [5, 5.41) is 8.40. The molecule has 1 aromatic carbocycles. The van der Waals surface area contributed by atoms with Crippen molar-refractivity contribution >= 4 is 29.4 Å². The molecular weight excluding hydrogens is 412 g/mol. The summed E-state index contributed by atoms with van der Waals surface area (Å²) in [7, 11) is 0. The van der Waals surface area contributed by atoms with E-state index in [1.807, 2.05) is 27.7 Å². The third-order valence-corrected chi connectivity index (χ3v) is 5.15. The molecule has 0 radical (unpaired) electrons. The van der Waals surface area contributed by atoms with Crippen molar-refractivity contribution in [1.82, 2.24) is 15.5 Å². The van der Waals surface area contributed by atoms with Gasteiger partial charge in [-0.25, -0.2) is 0 Å². The quantitative estimate of drug-likeness (QED) is 0.470. The van der Waals surface area contributed by atoms with Gasteiger partial charge in [-0.3, -0.25) is 24.1 Å². The first-order valence-electron chi connectivity index (χ1n) is 11.1. The zero-order valence-corrected chi connectivity index (χ0v) is 19.3. The number of hydrogen-bond donors (Lipinski definition) is 3. The highest BCUT2D eigenvalue weighted by Gasteiger charge is 2.33. The highest BCUT2D eigenvalue weighted by Crippen LogP contribution is 2.13. The maximum absolute atomic E-state index is 12.6. The smallest absolute Gasteiger partial charge is 0.307 e. The molecule has 32 heavy (non-hydrogen) atoms. The molecule has 0 bridgehead atoms. The topological polar surface area (TPSA) is 117 Å². The molecule has 1 saturated heterocycles. The minimum Gasteiger partial charge on any atom is -0.465 e. The Labute approximate surface area is 189 Å². The van der Waals surface area contributed by atoms with Crippen LogP contribution in [-0.2, 0) is 19.1 Å². The predicted octanol–water partition coefficient (Wildman–Crippen LogP) is 1.54. The molecule has 9 heteroatoms. The molecule has 3 amide bonds. The standard InChI is InChI=1S/C23H34N4O5/c1-5-16(4)25-22(30)17-6-8-18(9-7-17)26-20(28)13-27-11-10-24-23(31)19(27)12-21(29)32-14-15(2)3/h6-9,15-16,19H,5,10-14H2,1-4H3,(H,24,31)(H,25,30)(H,26,28). The Morgan fingerprint density at radius 1 is 1.19 bits per heavy atom. The molecule has 3 N–H and O–H groups in total. The lowest BCUT2D eigenvalue weighted by Crippen LogP contribution is -2.57. The first-order chi connectivity index (χ1) is 15.2. The Kier molecular flexibility index (Phi) is 9.64. The van der Waals surface area contributed by atoms with Gasteiger partial charge in [-0.1, -0.05) is 20.8 Å². The highest BCUT2D eigenvalue weighted by atomic mass is 16.5. The minimum atomic E-state index is -0.749. The van der Waals surface area contributed by atoms with Crippen LogP contribution in [0.15, 0.2) is 24.3 Å². The summed E-state index contributed by atoms with van der Waals surface area (Å²) in [5.41, 5.74) is 1.06. The van der Waals surface area contributed by atoms with E-state index in [2.05, 4.69) is 16.0 Å². The molecule has 1 aliphatic heterocycles. The van der Waals surface area contributed by atoms with Gasteiger partial charge >= 0.3 is 5.97 Å². The van der Waals surface area contributed by atoms with Crippen molar-refractivity contribution in [1.29, 1.82) is 0 Å². The van der Waals surface area contributed by atoms with Gasteiger partial charge in [0, 0.05) is 30.4 Å². The SMILES string of the molecule is CCC(C)NC(=O)c1ccc(NC(=O)CN2CCNC(=O)C2CC(=O)OCC(C)C)cc1. The number of carbonyl (C=O) groups is 4. The van der Waals surface area contributed by atoms with Crippen molar-refractivity contribution in [2.45, 2.75) is 52.6 Å². The van der Waals surface area contributed by atoms with Crippen LogP contribution in [0, 0.1) is 5.92 Å². The predicted molar refractivity (Wildman–Crippen MR) is 121 cm³/mol. The molecule has 2 unspecified atom stereocenters. The molecule has 0 aliphatic carbocycles. The van der Waals surface area contributed by atoms with E-state index in [-0.39, 0.29) is 42.6 Å². The van der Waals surface area contributed by atoms with Gasteiger partial charge in [0.15, 0.2) is 0 Å². The van der Waals surface area contributed by atoms with Crippen LogP contribution in [0.2, 0.25) is 0 Å². The second kappa shape index (κ2) is 12.2. The summed E-state index contributed by atoms with van der Waals surface area (Å²) in [4.78, 5) is 50.8. The van der Waals surface area contributed by atoms with Gasteiger partial charge < -0.3 is 20.7 Å². The maximum atomic E-state index is 12.6. The zero-order chi connectivity index (χ0) is 23.7. The number of hydrogen-bond acceptors (Lipinski definition) is 6. The second-order valence-corrected chi connectivity index (χ2v) is 8.47. The number of ether oxygens (including phenoxy) is 1. The fraction of sp³-hybridized carbons (Fsp3) is 0.565. The van der Waals surface area contributed by atoms with Crippen molar-refractivity contribution in [3.05, 3.63) is 29.8 Å². The van der Waals surface area contributed by atoms with E-state index in [9.17, 15) is 19.2 Å². The van der Waals surface area contributed by atoms with Crippen LogP contribution < -0.4 is 16.0 Å². The molecule has 1 heterocycles. The number of nitrogens with zero attached hydrogens (tertiary/aromatic N) is 1. The molecule has 0 spiro atoms. The van der Waals surface area contributed by atoms with Gasteiger partial charge in [-0.05, 0) is 43.5 Å². The van der Waals surface area contributed by atoms with E-state index in [1.54, 1.807) is 29.2 Å². The molecule has 0 aromatic heterocycles. The summed E-state index contributed by atoms with van der Waals surface area (Å²) in [6.07, 6.45) is 0.733. The lowest BCUT2D eigenvalue weighted by atomic mass is 10.1. The third kappa shape index (κ3) is 7.96. The van der Waals surface area contributed by atoms with Crippen molar-refractivity contribution in [2.75, 3.05) is 31.6 Å². The van der Waals surface area contributed by atoms with Gasteiger partial charge in [0.1, 0.15) is 6.04 Å². The van der Waals surface area contributed by atoms with Crippen LogP contribution >= 0.6 is 0 Å². The first kappa shape index (κ1) is 25.3. The van der Waals surface area contributed by atoms with E-state index in [4.69, 9.17) is 4.74 Å². The average Bonchev–Trinajstić information content (AvgIpc) is 2.75. The van der Waals surface area contributed by atoms with E-state index >= 15 is 0 Å². The van der Waals surface area contributed by atoms with E-state index < -0.39 is 12.0 Å². The number of nitrogens with one attached hydrogen (secondary N) is 3. The normalized spacial score (nSPS) is 17.4. The van der Waals surface area contributed by atoms with Crippen LogP contribution in [0.5, 0.6) is 0 Å². The summed E-state index contributed by atoms with van der Waals surface area (Å²) < 4.78 is 5.19. The van der Waals surface area contributed by atoms with Gasteiger partial charge in [0.05, 0.1) is 19.6 Å². The van der Waals surface area contributed by atoms with Crippen molar-refractivity contribution in [2.24, 2.45) is 5.92 Å². The van der Waals surface area contributed by atoms with E-state index in [0.717, 1.165) is 6.42 Å². The molecule has 2 rings (SSSR count). The number of esters is 1. The summed E-state index contributed by atoms with van der Waals surface area (Å²) in [6, 6.07) is 5.95. The maximum Gasteiger partial charge on any atom is 0.307 e. The summed E-state index contributed by atoms with van der Waals surface area (Å²) in [6.45, 7) is 8.91. The Morgan fingerprint density at radius 2 is 1.88 bits per heavy atom. The molecular formula is C23H34N4O5. The highest BCUT2D eigenvalue weighted by molar-refractivity contribution is 5.96. The molecule has 1 aliphatic rings. The monoisotopic (exact) mass is 446 g/mol. The van der Waals surface area contributed by atoms with Crippen molar-refractivity contribution in [3.8, 4) is 0 Å². The molecule has 9 nitrogen and oxygen atoms in total. The van der Waals surface area contributed by atoms with Gasteiger partial charge in [0.25, 0.3) is 5.91 Å². The number of anilines is 1. The number of piperazine rings is 1. The molecule has 2 atom stereocenters. The van der Waals surface area contributed by atoms with E-state index in [0.29, 0.717) is 30.9 Å². The van der Waals surface area contributed by atoms with Crippen LogP contribution in [0.25, 0.3) is 0 Å². The largest absolute Gasteiger partial charge is 0.465 e. The molecule has 1 fully saturated rings. The average molecular weight is 447 g/mol. The zero-order valence-electron chi connectivity index (χ0n) is 19.3.